The van der Waals surface area contributed by atoms with Gasteiger partial charge in [0.2, 0.25) is 23.6 Å². The summed E-state index contributed by atoms with van der Waals surface area (Å²) in [5.74, 6) is -4.42. The lowest BCUT2D eigenvalue weighted by molar-refractivity contribution is -0.144. The minimum absolute atomic E-state index is 0.00217. The second-order valence-corrected chi connectivity index (χ2v) is 9.10. The topological polar surface area (TPSA) is 234 Å². The number of hydrogen-bond donors (Lipinski definition) is 8. The molecule has 0 radical (unpaired) electrons. The van der Waals surface area contributed by atoms with Gasteiger partial charge in [-0.15, -0.1) is 0 Å². The number of phenols is 1. The van der Waals surface area contributed by atoms with E-state index in [2.05, 4.69) is 16.0 Å². The van der Waals surface area contributed by atoms with Crippen LogP contribution in [-0.4, -0.2) is 87.2 Å². The zero-order chi connectivity index (χ0) is 27.4. The van der Waals surface area contributed by atoms with Crippen LogP contribution in [0.1, 0.15) is 25.3 Å². The minimum Gasteiger partial charge on any atom is -0.508 e. The summed E-state index contributed by atoms with van der Waals surface area (Å²) in [4.78, 5) is 60.8. The van der Waals surface area contributed by atoms with Crippen LogP contribution in [0.3, 0.4) is 0 Å². The van der Waals surface area contributed by atoms with Crippen molar-refractivity contribution in [2.45, 2.75) is 56.5 Å². The molecule has 14 heteroatoms. The minimum atomic E-state index is -1.67. The monoisotopic (exact) mass is 527 g/mol. The van der Waals surface area contributed by atoms with E-state index in [4.69, 9.17) is 11.5 Å². The molecule has 0 saturated heterocycles. The van der Waals surface area contributed by atoms with E-state index in [1.54, 1.807) is 0 Å². The number of carboxylic acids is 1. The van der Waals surface area contributed by atoms with Gasteiger partial charge >= 0.3 is 5.97 Å². The van der Waals surface area contributed by atoms with Gasteiger partial charge in [0.25, 0.3) is 0 Å². The molecule has 0 aliphatic heterocycles. The van der Waals surface area contributed by atoms with Crippen LogP contribution in [0.25, 0.3) is 0 Å². The van der Waals surface area contributed by atoms with E-state index in [1.165, 1.54) is 43.0 Å². The molecule has 5 unspecified atom stereocenters. The maximum Gasteiger partial charge on any atom is 0.326 e. The van der Waals surface area contributed by atoms with Crippen molar-refractivity contribution in [1.29, 1.82) is 0 Å². The first-order chi connectivity index (χ1) is 16.8. The predicted molar refractivity (Wildman–Crippen MR) is 132 cm³/mol. The Hall–Kier alpha value is -3.36. The molecule has 1 rings (SSSR count). The molecule has 200 valence electrons. The molecule has 0 aliphatic rings. The Kier molecular flexibility index (Phi) is 12.7. The molecular weight excluding hydrogens is 494 g/mol. The first kappa shape index (κ1) is 30.7. The van der Waals surface area contributed by atoms with Crippen molar-refractivity contribution in [2.24, 2.45) is 11.5 Å². The lowest BCUT2D eigenvalue weighted by Gasteiger charge is -2.26. The van der Waals surface area contributed by atoms with Gasteiger partial charge in [-0.05, 0) is 43.0 Å². The smallest absolute Gasteiger partial charge is 0.326 e. The van der Waals surface area contributed by atoms with E-state index in [0.717, 1.165) is 0 Å². The van der Waals surface area contributed by atoms with Crippen molar-refractivity contribution >= 4 is 41.4 Å². The summed E-state index contributed by atoms with van der Waals surface area (Å²) in [5.41, 5.74) is 11.5. The molecule has 5 atom stereocenters. The van der Waals surface area contributed by atoms with Gasteiger partial charge in [0.15, 0.2) is 0 Å². The van der Waals surface area contributed by atoms with E-state index in [-0.39, 0.29) is 12.2 Å². The number of nitrogens with two attached hydrogens (primary N) is 2. The van der Waals surface area contributed by atoms with Crippen LogP contribution in [0, 0.1) is 0 Å². The van der Waals surface area contributed by atoms with Crippen molar-refractivity contribution in [3.05, 3.63) is 29.8 Å². The number of carboxylic acid groups (broad SMARTS) is 1. The van der Waals surface area contributed by atoms with Crippen molar-refractivity contribution < 1.29 is 39.3 Å². The number of rotatable bonds is 15. The number of carbonyl (C=O) groups is 5. The second kappa shape index (κ2) is 14.9. The lowest BCUT2D eigenvalue weighted by atomic mass is 10.0. The molecule has 13 nitrogen and oxygen atoms in total. The fraction of sp³-hybridized carbons (Fsp3) is 0.500. The van der Waals surface area contributed by atoms with Gasteiger partial charge < -0.3 is 42.7 Å². The highest BCUT2D eigenvalue weighted by molar-refractivity contribution is 7.98. The van der Waals surface area contributed by atoms with Crippen LogP contribution < -0.4 is 27.4 Å². The fourth-order valence-corrected chi connectivity index (χ4v) is 3.54. The zero-order valence-electron chi connectivity index (χ0n) is 20.0. The van der Waals surface area contributed by atoms with E-state index < -0.39 is 66.3 Å². The van der Waals surface area contributed by atoms with Crippen molar-refractivity contribution in [1.82, 2.24) is 16.0 Å². The van der Waals surface area contributed by atoms with Gasteiger partial charge in [0, 0.05) is 6.42 Å². The summed E-state index contributed by atoms with van der Waals surface area (Å²) in [6.45, 7) is 1.19. The number of benzene rings is 1. The highest BCUT2D eigenvalue weighted by Gasteiger charge is 2.33. The Morgan fingerprint density at radius 1 is 0.972 bits per heavy atom. The molecule has 0 spiro atoms. The Labute approximate surface area is 212 Å². The molecule has 36 heavy (non-hydrogen) atoms. The van der Waals surface area contributed by atoms with Gasteiger partial charge in [-0.3, -0.25) is 19.2 Å². The van der Waals surface area contributed by atoms with Crippen molar-refractivity contribution in [2.75, 3.05) is 12.0 Å². The molecule has 1 aromatic rings. The third-order valence-electron chi connectivity index (χ3n) is 5.06. The summed E-state index contributed by atoms with van der Waals surface area (Å²) in [5, 5.41) is 35.7. The Bertz CT molecular complexity index is 928. The average molecular weight is 528 g/mol. The maximum atomic E-state index is 13.1. The van der Waals surface area contributed by atoms with Crippen LogP contribution in [-0.2, 0) is 30.4 Å². The molecule has 0 fully saturated rings. The third kappa shape index (κ3) is 10.5. The van der Waals surface area contributed by atoms with Gasteiger partial charge in [0.05, 0.1) is 18.6 Å². The first-order valence-electron chi connectivity index (χ1n) is 11.0. The van der Waals surface area contributed by atoms with Gasteiger partial charge in [-0.1, -0.05) is 12.1 Å². The summed E-state index contributed by atoms with van der Waals surface area (Å²) in [6.07, 6.45) is 0.00210. The molecule has 1 aromatic carbocycles. The number of aromatic hydroxyl groups is 1. The van der Waals surface area contributed by atoms with Crippen molar-refractivity contribution in [3.63, 3.8) is 0 Å². The lowest BCUT2D eigenvalue weighted by Crippen LogP contribution is -2.60. The van der Waals surface area contributed by atoms with E-state index in [9.17, 15) is 39.3 Å². The maximum absolute atomic E-state index is 13.1. The first-order valence-corrected chi connectivity index (χ1v) is 12.4. The standard InChI is InChI=1S/C22H33N5O8S/c1-11(28)18(21(33)26-16(22(34)35)10-17(24)30)27-20(32)15(9-12-3-5-13(29)6-4-12)25-19(31)14(23)7-8-36-2/h3-6,11,14-16,18,28-29H,7-10,23H2,1-2H3,(H2,24,30)(H,25,31)(H,26,33)(H,27,32)(H,34,35). The van der Waals surface area contributed by atoms with Gasteiger partial charge in [-0.2, -0.15) is 11.8 Å². The number of hydrogen-bond acceptors (Lipinski definition) is 9. The third-order valence-corrected chi connectivity index (χ3v) is 5.71. The van der Waals surface area contributed by atoms with Gasteiger partial charge in [-0.25, -0.2) is 4.79 Å². The molecule has 0 saturated carbocycles. The second-order valence-electron chi connectivity index (χ2n) is 8.12. The van der Waals surface area contributed by atoms with Gasteiger partial charge in [0.1, 0.15) is 23.9 Å². The molecule has 0 aliphatic carbocycles. The summed E-state index contributed by atoms with van der Waals surface area (Å²) in [6, 6.07) is 0.461. The Balaban J connectivity index is 3.09. The number of aliphatic hydroxyl groups excluding tert-OH is 1. The molecule has 4 amide bonds. The molecule has 0 bridgehead atoms. The average Bonchev–Trinajstić information content (AvgIpc) is 2.80. The van der Waals surface area contributed by atoms with Crippen LogP contribution in [0.4, 0.5) is 0 Å². The molecular formula is C22H33N5O8S. The highest BCUT2D eigenvalue weighted by atomic mass is 32.2. The SMILES string of the molecule is CSCCC(N)C(=O)NC(Cc1ccc(O)cc1)C(=O)NC(C(=O)NC(CC(N)=O)C(=O)O)C(C)O. The van der Waals surface area contributed by atoms with E-state index in [1.807, 2.05) is 6.26 Å². The van der Waals surface area contributed by atoms with E-state index in [0.29, 0.717) is 17.7 Å². The summed E-state index contributed by atoms with van der Waals surface area (Å²) >= 11 is 1.50. The Morgan fingerprint density at radius 2 is 1.56 bits per heavy atom. The number of amides is 4. The number of aliphatic carboxylic acids is 1. The van der Waals surface area contributed by atoms with Crippen molar-refractivity contribution in [3.8, 4) is 5.75 Å². The number of nitrogens with one attached hydrogen (secondary N) is 3. The Morgan fingerprint density at radius 3 is 2.06 bits per heavy atom. The summed E-state index contributed by atoms with van der Waals surface area (Å²) in [7, 11) is 0. The molecule has 0 heterocycles. The quantitative estimate of drug-likeness (QED) is 0.123. The predicted octanol–water partition coefficient (Wildman–Crippen LogP) is -2.19. The zero-order valence-corrected chi connectivity index (χ0v) is 20.8. The normalized spacial score (nSPS) is 15.0. The number of aliphatic hydroxyl groups is 1. The molecule has 10 N–H and O–H groups in total. The largest absolute Gasteiger partial charge is 0.508 e. The fourth-order valence-electron chi connectivity index (χ4n) is 3.05. The number of thioether (sulfide) groups is 1. The van der Waals surface area contributed by atoms with Crippen LogP contribution in [0.15, 0.2) is 24.3 Å². The number of primary amides is 1. The van der Waals surface area contributed by atoms with Crippen LogP contribution >= 0.6 is 11.8 Å². The van der Waals surface area contributed by atoms with Crippen LogP contribution in [0.5, 0.6) is 5.75 Å². The number of carbonyl (C=O) groups excluding carboxylic acids is 4. The highest BCUT2D eigenvalue weighted by Crippen LogP contribution is 2.12. The van der Waals surface area contributed by atoms with E-state index >= 15 is 0 Å². The summed E-state index contributed by atoms with van der Waals surface area (Å²) < 4.78 is 0. The molecule has 0 aromatic heterocycles. The van der Waals surface area contributed by atoms with Crippen LogP contribution in [0.2, 0.25) is 0 Å². The number of phenolic OH excluding ortho intramolecular Hbond substituents is 1.